The van der Waals surface area contributed by atoms with E-state index in [4.69, 9.17) is 5.73 Å². The van der Waals surface area contributed by atoms with Crippen LogP contribution < -0.4 is 5.73 Å². The first-order valence-corrected chi connectivity index (χ1v) is 9.34. The number of hydrogen-bond donors (Lipinski definition) is 1. The van der Waals surface area contributed by atoms with Crippen molar-refractivity contribution in [1.82, 2.24) is 4.90 Å². The van der Waals surface area contributed by atoms with E-state index in [1.54, 1.807) is 0 Å². The summed E-state index contributed by atoms with van der Waals surface area (Å²) in [6.45, 7) is 1.28. The van der Waals surface area contributed by atoms with Gasteiger partial charge in [0.05, 0.1) is 11.5 Å². The van der Waals surface area contributed by atoms with Crippen molar-refractivity contribution in [3.63, 3.8) is 0 Å². The molecule has 0 atom stereocenters. The predicted octanol–water partition coefficient (Wildman–Crippen LogP) is 1.79. The van der Waals surface area contributed by atoms with Crippen LogP contribution in [0.3, 0.4) is 0 Å². The van der Waals surface area contributed by atoms with Crippen molar-refractivity contribution >= 4 is 25.8 Å². The monoisotopic (exact) mass is 360 g/mol. The number of halogens is 1. The average molecular weight is 361 g/mol. The summed E-state index contributed by atoms with van der Waals surface area (Å²) < 4.78 is 24.3. The second-order valence-corrected chi connectivity index (χ2v) is 8.78. The summed E-state index contributed by atoms with van der Waals surface area (Å²) in [5.74, 6) is 0.490. The fourth-order valence-corrected chi connectivity index (χ4v) is 4.54. The Bertz CT molecular complexity index is 543. The molecule has 2 rings (SSSR count). The molecule has 0 spiro atoms. The number of rotatable bonds is 4. The molecule has 2 N–H and O–H groups in total. The maximum Gasteiger partial charge on any atom is 0.150 e. The van der Waals surface area contributed by atoms with E-state index >= 15 is 0 Å². The fraction of sp³-hybridized carbons (Fsp3) is 0.571. The quantitative estimate of drug-likeness (QED) is 0.888. The highest BCUT2D eigenvalue weighted by Gasteiger charge is 2.39. The first-order valence-electron chi connectivity index (χ1n) is 6.73. The highest BCUT2D eigenvalue weighted by Crippen LogP contribution is 2.29. The summed E-state index contributed by atoms with van der Waals surface area (Å²) in [4.78, 5) is 2.21. The molecule has 0 amide bonds. The third-order valence-electron chi connectivity index (χ3n) is 4.28. The molecule has 112 valence electrons. The van der Waals surface area contributed by atoms with Crippen molar-refractivity contribution < 1.29 is 8.42 Å². The second kappa shape index (κ2) is 6.13. The van der Waals surface area contributed by atoms with Gasteiger partial charge in [-0.1, -0.05) is 28.1 Å². The molecule has 0 unspecified atom stereocenters. The molecule has 1 aromatic rings. The van der Waals surface area contributed by atoms with Crippen LogP contribution in [0.15, 0.2) is 28.7 Å². The maximum atomic E-state index is 11.6. The Balaban J connectivity index is 2.09. The van der Waals surface area contributed by atoms with Crippen molar-refractivity contribution in [3.05, 3.63) is 34.3 Å². The number of hydrogen-bond acceptors (Lipinski definition) is 4. The van der Waals surface area contributed by atoms with Crippen molar-refractivity contribution in [2.75, 3.05) is 25.1 Å². The van der Waals surface area contributed by atoms with Crippen LogP contribution in [0.4, 0.5) is 0 Å². The van der Waals surface area contributed by atoms with E-state index in [0.29, 0.717) is 19.4 Å². The van der Waals surface area contributed by atoms with Crippen LogP contribution in [0.2, 0.25) is 0 Å². The maximum absolute atomic E-state index is 11.6. The van der Waals surface area contributed by atoms with Gasteiger partial charge in [0.25, 0.3) is 0 Å². The van der Waals surface area contributed by atoms with Gasteiger partial charge in [-0.05, 0) is 37.6 Å². The fourth-order valence-electron chi connectivity index (χ4n) is 2.69. The molecule has 1 heterocycles. The number of benzene rings is 1. The van der Waals surface area contributed by atoms with Gasteiger partial charge in [-0.3, -0.25) is 4.90 Å². The van der Waals surface area contributed by atoms with Crippen molar-refractivity contribution in [2.45, 2.75) is 24.9 Å². The normalized spacial score (nSPS) is 21.0. The van der Waals surface area contributed by atoms with Crippen molar-refractivity contribution in [1.29, 1.82) is 0 Å². The zero-order valence-electron chi connectivity index (χ0n) is 11.7. The highest BCUT2D eigenvalue weighted by atomic mass is 79.9. The second-order valence-electron chi connectivity index (χ2n) is 5.56. The van der Waals surface area contributed by atoms with Crippen LogP contribution in [0.25, 0.3) is 0 Å². The van der Waals surface area contributed by atoms with Crippen LogP contribution in [0.1, 0.15) is 18.4 Å². The Kier molecular flexibility index (Phi) is 4.89. The molecule has 0 aromatic heterocycles. The zero-order chi connectivity index (χ0) is 14.8. The molecule has 0 bridgehead atoms. The molecule has 1 saturated heterocycles. The number of nitrogens with zero attached hydrogens (tertiary/aromatic N) is 1. The number of nitrogens with two attached hydrogens (primary N) is 1. The molecule has 1 aliphatic heterocycles. The average Bonchev–Trinajstić information content (AvgIpc) is 2.42. The molecule has 4 nitrogen and oxygen atoms in total. The molecular weight excluding hydrogens is 340 g/mol. The minimum absolute atomic E-state index is 0.196. The van der Waals surface area contributed by atoms with E-state index in [0.717, 1.165) is 11.0 Å². The zero-order valence-corrected chi connectivity index (χ0v) is 14.1. The summed E-state index contributed by atoms with van der Waals surface area (Å²) in [6, 6.07) is 8.18. The highest BCUT2D eigenvalue weighted by molar-refractivity contribution is 9.10. The lowest BCUT2D eigenvalue weighted by molar-refractivity contribution is 0.105. The minimum Gasteiger partial charge on any atom is -0.329 e. The largest absolute Gasteiger partial charge is 0.329 e. The number of likely N-dealkylation sites (N-methyl/N-ethyl adjacent to an activating group) is 1. The molecule has 0 aliphatic carbocycles. The number of sulfone groups is 1. The van der Waals surface area contributed by atoms with Crippen LogP contribution in [-0.4, -0.2) is 44.0 Å². The Morgan fingerprint density at radius 3 is 2.30 bits per heavy atom. The van der Waals surface area contributed by atoms with E-state index in [-0.39, 0.29) is 17.0 Å². The Morgan fingerprint density at radius 2 is 1.80 bits per heavy atom. The smallest absolute Gasteiger partial charge is 0.150 e. The van der Waals surface area contributed by atoms with E-state index in [1.165, 1.54) is 5.56 Å². The van der Waals surface area contributed by atoms with Gasteiger partial charge in [-0.2, -0.15) is 0 Å². The Hall–Kier alpha value is -0.430. The molecule has 6 heteroatoms. The van der Waals surface area contributed by atoms with Gasteiger partial charge in [0.15, 0.2) is 0 Å². The first-order chi connectivity index (χ1) is 9.37. The summed E-state index contributed by atoms with van der Waals surface area (Å²) in [7, 11) is -0.830. The SMILES string of the molecule is CN(Cc1ccc(Br)cc1)C1(CN)CCS(=O)(=O)CC1. The van der Waals surface area contributed by atoms with Gasteiger partial charge < -0.3 is 5.73 Å². The lowest BCUT2D eigenvalue weighted by Gasteiger charge is -2.43. The molecule has 0 saturated carbocycles. The molecule has 1 aromatic carbocycles. The van der Waals surface area contributed by atoms with E-state index < -0.39 is 9.84 Å². The van der Waals surface area contributed by atoms with Crippen molar-refractivity contribution in [2.24, 2.45) is 5.73 Å². The van der Waals surface area contributed by atoms with E-state index in [9.17, 15) is 8.42 Å². The lowest BCUT2D eigenvalue weighted by atomic mass is 9.90. The molecule has 1 fully saturated rings. The molecular formula is C14H21BrN2O2S. The van der Waals surface area contributed by atoms with Crippen LogP contribution in [0, 0.1) is 0 Å². The molecule has 1 aliphatic rings. The van der Waals surface area contributed by atoms with Gasteiger partial charge >= 0.3 is 0 Å². The van der Waals surface area contributed by atoms with Crippen LogP contribution in [0.5, 0.6) is 0 Å². The first kappa shape index (κ1) is 15.9. The molecule has 20 heavy (non-hydrogen) atoms. The predicted molar refractivity (Wildman–Crippen MR) is 85.3 cm³/mol. The van der Waals surface area contributed by atoms with E-state index in [2.05, 4.69) is 33.0 Å². The van der Waals surface area contributed by atoms with Gasteiger partial charge in [-0.15, -0.1) is 0 Å². The Morgan fingerprint density at radius 1 is 1.25 bits per heavy atom. The van der Waals surface area contributed by atoms with E-state index in [1.807, 2.05) is 19.2 Å². The molecule has 0 radical (unpaired) electrons. The minimum atomic E-state index is -2.86. The third-order valence-corrected chi connectivity index (χ3v) is 6.46. The summed E-state index contributed by atoms with van der Waals surface area (Å²) in [5.41, 5.74) is 6.97. The lowest BCUT2D eigenvalue weighted by Crippen LogP contribution is -2.55. The van der Waals surface area contributed by atoms with Crippen LogP contribution >= 0.6 is 15.9 Å². The topological polar surface area (TPSA) is 63.4 Å². The van der Waals surface area contributed by atoms with Gasteiger partial charge in [0, 0.05) is 23.1 Å². The van der Waals surface area contributed by atoms with Gasteiger partial charge in [0.1, 0.15) is 9.84 Å². The standard InChI is InChI=1S/C14H21BrN2O2S/c1-17(10-12-2-4-13(15)5-3-12)14(11-16)6-8-20(18,19)9-7-14/h2-5H,6-11,16H2,1H3. The van der Waals surface area contributed by atoms with Crippen LogP contribution in [-0.2, 0) is 16.4 Å². The third kappa shape index (κ3) is 3.61. The summed E-state index contributed by atoms with van der Waals surface area (Å²) in [6.07, 6.45) is 1.25. The summed E-state index contributed by atoms with van der Waals surface area (Å²) in [5, 5.41) is 0. The Labute approximate surface area is 129 Å². The van der Waals surface area contributed by atoms with Gasteiger partial charge in [-0.25, -0.2) is 8.42 Å². The van der Waals surface area contributed by atoms with Crippen molar-refractivity contribution in [3.8, 4) is 0 Å². The summed E-state index contributed by atoms with van der Waals surface area (Å²) >= 11 is 3.42. The van der Waals surface area contributed by atoms with Gasteiger partial charge in [0.2, 0.25) is 0 Å².